The molecule has 1 aliphatic carbocycles. The predicted molar refractivity (Wildman–Crippen MR) is 131 cm³/mol. The van der Waals surface area contributed by atoms with Crippen LogP contribution in [0, 0.1) is 0 Å². The van der Waals surface area contributed by atoms with E-state index in [0.717, 1.165) is 23.3 Å². The minimum absolute atomic E-state index is 0.294. The van der Waals surface area contributed by atoms with Crippen LogP contribution in [0.3, 0.4) is 0 Å². The van der Waals surface area contributed by atoms with Gasteiger partial charge in [-0.05, 0) is 67.5 Å². The van der Waals surface area contributed by atoms with Gasteiger partial charge in [-0.1, -0.05) is 30.3 Å². The molecule has 0 aliphatic heterocycles. The molecule has 2 unspecified atom stereocenters. The lowest BCUT2D eigenvalue weighted by atomic mass is 9.83. The molecule has 34 heavy (non-hydrogen) atoms. The van der Waals surface area contributed by atoms with Crippen molar-refractivity contribution in [2.24, 2.45) is 0 Å². The Kier molecular flexibility index (Phi) is 6.98. The van der Waals surface area contributed by atoms with Crippen molar-refractivity contribution < 1.29 is 23.9 Å². The number of amides is 1. The Bertz CT molecular complexity index is 1200. The molecule has 1 aromatic heterocycles. The highest BCUT2D eigenvalue weighted by Crippen LogP contribution is 2.42. The maximum absolute atomic E-state index is 12.8. The second kappa shape index (κ2) is 10.1. The molecule has 0 bridgehead atoms. The fraction of sp³-hybridized carbons (Fsp3) is 0.269. The number of nitrogens with two attached hydrogens (primary N) is 1. The topological polar surface area (TPSA) is 108 Å². The number of fused-ring (bicyclic) bond motifs is 1. The van der Waals surface area contributed by atoms with E-state index in [9.17, 15) is 14.4 Å². The summed E-state index contributed by atoms with van der Waals surface area (Å²) in [6, 6.07) is 16.5. The van der Waals surface area contributed by atoms with Gasteiger partial charge in [0.25, 0.3) is 5.91 Å². The zero-order valence-electron chi connectivity index (χ0n) is 19.0. The van der Waals surface area contributed by atoms with Crippen LogP contribution in [0.2, 0.25) is 0 Å². The van der Waals surface area contributed by atoms with E-state index >= 15 is 0 Å². The molecule has 1 heterocycles. The highest BCUT2D eigenvalue weighted by atomic mass is 32.1. The third-order valence-corrected chi connectivity index (χ3v) is 7.13. The number of nitrogens with one attached hydrogen (secondary N) is 1. The van der Waals surface area contributed by atoms with Gasteiger partial charge in [0.2, 0.25) is 0 Å². The highest BCUT2D eigenvalue weighted by molar-refractivity contribution is 7.17. The molecular weight excluding hydrogens is 452 g/mol. The van der Waals surface area contributed by atoms with Gasteiger partial charge in [-0.3, -0.25) is 4.79 Å². The van der Waals surface area contributed by atoms with Gasteiger partial charge in [-0.2, -0.15) is 0 Å². The number of nitrogen functional groups attached to an aromatic ring is 1. The number of carbonyl (C=O) groups excluding carboxylic acids is 3. The normalized spacial score (nSPS) is 15.6. The van der Waals surface area contributed by atoms with Crippen molar-refractivity contribution in [3.05, 3.63) is 81.7 Å². The summed E-state index contributed by atoms with van der Waals surface area (Å²) in [6.45, 7) is 1.49. The van der Waals surface area contributed by atoms with Gasteiger partial charge in [0, 0.05) is 10.6 Å². The van der Waals surface area contributed by atoms with E-state index in [1.807, 2.05) is 18.2 Å². The van der Waals surface area contributed by atoms with Gasteiger partial charge >= 0.3 is 11.9 Å². The lowest BCUT2D eigenvalue weighted by Gasteiger charge is -2.22. The predicted octanol–water partition coefficient (Wildman–Crippen LogP) is 4.57. The summed E-state index contributed by atoms with van der Waals surface area (Å²) >= 11 is 1.38. The maximum Gasteiger partial charge on any atom is 0.341 e. The van der Waals surface area contributed by atoms with Gasteiger partial charge in [0.1, 0.15) is 5.00 Å². The molecule has 0 saturated carbocycles. The van der Waals surface area contributed by atoms with Crippen molar-refractivity contribution in [3.8, 4) is 0 Å². The standard InChI is InChI=1S/C26H26N2O5S/c1-15(33-25(30)17-8-11-19(27)12-9-17)23(29)28-24-22(26(31)32-2)20-13-10-18(14-21(20)34-24)16-6-4-3-5-7-16/h3-9,11-12,15,18H,10,13-14,27H2,1-2H3,(H,28,29). The smallest absolute Gasteiger partial charge is 0.341 e. The number of carbonyl (C=O) groups is 3. The number of thiophene rings is 1. The molecule has 4 rings (SSSR count). The average Bonchev–Trinajstić information content (AvgIpc) is 3.21. The summed E-state index contributed by atoms with van der Waals surface area (Å²) in [6.07, 6.45) is 1.34. The maximum atomic E-state index is 12.8. The van der Waals surface area contributed by atoms with Gasteiger partial charge < -0.3 is 20.5 Å². The fourth-order valence-electron chi connectivity index (χ4n) is 4.12. The molecule has 0 radical (unpaired) electrons. The number of hydrogen-bond acceptors (Lipinski definition) is 7. The van der Waals surface area contributed by atoms with E-state index in [2.05, 4.69) is 17.4 Å². The molecule has 2 atom stereocenters. The molecule has 0 spiro atoms. The molecule has 1 aliphatic rings. The highest BCUT2D eigenvalue weighted by Gasteiger charge is 2.31. The molecule has 176 valence electrons. The van der Waals surface area contributed by atoms with Crippen LogP contribution in [0.5, 0.6) is 0 Å². The number of methoxy groups -OCH3 is 1. The zero-order valence-corrected chi connectivity index (χ0v) is 19.8. The Morgan fingerprint density at radius 1 is 1.06 bits per heavy atom. The Balaban J connectivity index is 1.51. The van der Waals surface area contributed by atoms with E-state index in [4.69, 9.17) is 15.2 Å². The second-order valence-corrected chi connectivity index (χ2v) is 9.31. The van der Waals surface area contributed by atoms with Gasteiger partial charge in [0.15, 0.2) is 6.10 Å². The van der Waals surface area contributed by atoms with Crippen LogP contribution in [0.4, 0.5) is 10.7 Å². The lowest BCUT2D eigenvalue weighted by molar-refractivity contribution is -0.123. The van der Waals surface area contributed by atoms with E-state index in [1.54, 1.807) is 12.1 Å². The summed E-state index contributed by atoms with van der Waals surface area (Å²) in [7, 11) is 1.32. The van der Waals surface area contributed by atoms with Crippen molar-refractivity contribution in [2.75, 3.05) is 18.2 Å². The molecule has 3 aromatic rings. The Morgan fingerprint density at radius 3 is 2.44 bits per heavy atom. The Morgan fingerprint density at radius 2 is 1.76 bits per heavy atom. The average molecular weight is 479 g/mol. The van der Waals surface area contributed by atoms with Crippen LogP contribution >= 0.6 is 11.3 Å². The van der Waals surface area contributed by atoms with Crippen LogP contribution in [0.1, 0.15) is 56.0 Å². The number of rotatable bonds is 6. The molecular formula is C26H26N2O5S. The number of benzene rings is 2. The first kappa shape index (κ1) is 23.5. The van der Waals surface area contributed by atoms with Crippen LogP contribution in [0.15, 0.2) is 54.6 Å². The summed E-state index contributed by atoms with van der Waals surface area (Å²) in [5.74, 6) is -1.29. The number of hydrogen-bond donors (Lipinski definition) is 2. The monoisotopic (exact) mass is 478 g/mol. The zero-order chi connectivity index (χ0) is 24.2. The molecule has 0 fully saturated rings. The molecule has 3 N–H and O–H groups in total. The Hall–Kier alpha value is -3.65. The summed E-state index contributed by atoms with van der Waals surface area (Å²) in [5.41, 5.74) is 9.03. The third kappa shape index (κ3) is 4.97. The fourth-order valence-corrected chi connectivity index (χ4v) is 5.44. The molecule has 7 nitrogen and oxygen atoms in total. The quantitative estimate of drug-likeness (QED) is 0.397. The van der Waals surface area contributed by atoms with Crippen LogP contribution in [-0.4, -0.2) is 31.1 Å². The van der Waals surface area contributed by atoms with Crippen molar-refractivity contribution in [1.82, 2.24) is 0 Å². The van der Waals surface area contributed by atoms with Crippen LogP contribution in [0.25, 0.3) is 0 Å². The summed E-state index contributed by atoms with van der Waals surface area (Å²) in [4.78, 5) is 38.9. The summed E-state index contributed by atoms with van der Waals surface area (Å²) in [5, 5.41) is 3.21. The number of anilines is 2. The third-order valence-electron chi connectivity index (χ3n) is 5.96. The van der Waals surface area contributed by atoms with E-state index in [1.165, 1.54) is 43.1 Å². The minimum atomic E-state index is -1.06. The van der Waals surface area contributed by atoms with E-state index in [-0.39, 0.29) is 0 Å². The number of ether oxygens (including phenoxy) is 2. The van der Waals surface area contributed by atoms with Crippen molar-refractivity contribution >= 4 is 39.9 Å². The number of esters is 2. The molecule has 0 saturated heterocycles. The Labute approximate surface area is 201 Å². The summed E-state index contributed by atoms with van der Waals surface area (Å²) < 4.78 is 10.3. The van der Waals surface area contributed by atoms with Crippen LogP contribution in [-0.2, 0) is 27.1 Å². The largest absolute Gasteiger partial charge is 0.465 e. The van der Waals surface area contributed by atoms with Crippen LogP contribution < -0.4 is 11.1 Å². The molecule has 8 heteroatoms. The first-order valence-electron chi connectivity index (χ1n) is 11.0. The molecule has 2 aromatic carbocycles. The van der Waals surface area contributed by atoms with E-state index in [0.29, 0.717) is 34.2 Å². The van der Waals surface area contributed by atoms with Crippen molar-refractivity contribution in [3.63, 3.8) is 0 Å². The second-order valence-electron chi connectivity index (χ2n) is 8.21. The lowest BCUT2D eigenvalue weighted by Crippen LogP contribution is -2.30. The SMILES string of the molecule is COC(=O)c1c(NC(=O)C(C)OC(=O)c2ccc(N)cc2)sc2c1CCC(c1ccccc1)C2. The first-order valence-corrected chi connectivity index (χ1v) is 11.8. The molecule has 1 amide bonds. The minimum Gasteiger partial charge on any atom is -0.465 e. The van der Waals surface area contributed by atoms with Crippen molar-refractivity contribution in [2.45, 2.75) is 38.2 Å². The first-order chi connectivity index (χ1) is 16.4. The van der Waals surface area contributed by atoms with E-state index < -0.39 is 23.9 Å². The van der Waals surface area contributed by atoms with Gasteiger partial charge in [0.05, 0.1) is 18.2 Å². The van der Waals surface area contributed by atoms with Gasteiger partial charge in [-0.15, -0.1) is 11.3 Å². The van der Waals surface area contributed by atoms with Gasteiger partial charge in [-0.25, -0.2) is 9.59 Å². The van der Waals surface area contributed by atoms with Crippen molar-refractivity contribution in [1.29, 1.82) is 0 Å².